The highest BCUT2D eigenvalue weighted by atomic mass is 79.9. The van der Waals surface area contributed by atoms with Gasteiger partial charge in [-0.15, -0.1) is 0 Å². The van der Waals surface area contributed by atoms with Crippen LogP contribution in [-0.2, 0) is 0 Å². The molecular formula is C17H24BrN. The van der Waals surface area contributed by atoms with E-state index in [-0.39, 0.29) is 0 Å². The number of hydrogen-bond acceptors (Lipinski definition) is 1. The Kier molecular flexibility index (Phi) is 4.60. The van der Waals surface area contributed by atoms with E-state index in [0.717, 1.165) is 17.3 Å². The quantitative estimate of drug-likeness (QED) is 0.741. The first-order valence-corrected chi connectivity index (χ1v) is 8.85. The molecule has 0 radical (unpaired) electrons. The second-order valence-corrected chi connectivity index (χ2v) is 6.80. The van der Waals surface area contributed by atoms with Gasteiger partial charge in [0.25, 0.3) is 0 Å². The number of alkyl halides is 1. The van der Waals surface area contributed by atoms with E-state index in [9.17, 15) is 0 Å². The van der Waals surface area contributed by atoms with Crippen LogP contribution in [0.4, 0.5) is 0 Å². The summed E-state index contributed by atoms with van der Waals surface area (Å²) in [6.07, 6.45) is 7.27. The number of fused-ring (bicyclic) bond motifs is 1. The van der Waals surface area contributed by atoms with Gasteiger partial charge in [-0.3, -0.25) is 4.90 Å². The molecule has 0 spiro atoms. The summed E-state index contributed by atoms with van der Waals surface area (Å²) >= 11 is 3.72. The average molecular weight is 322 g/mol. The van der Waals surface area contributed by atoms with E-state index < -0.39 is 0 Å². The molecule has 104 valence electrons. The highest BCUT2D eigenvalue weighted by molar-refractivity contribution is 9.09. The number of hydrogen-bond donors (Lipinski definition) is 0. The third kappa shape index (κ3) is 3.05. The Balaban J connectivity index is 1.66. The lowest BCUT2D eigenvalue weighted by Crippen LogP contribution is -2.37. The SMILES string of the molecule is BrCC(CN1CCC2CCCCC21)c1ccccc1. The Bertz CT molecular complexity index is 392. The summed E-state index contributed by atoms with van der Waals surface area (Å²) in [4.78, 5) is 2.78. The Morgan fingerprint density at radius 3 is 2.68 bits per heavy atom. The van der Waals surface area contributed by atoms with Gasteiger partial charge in [-0.05, 0) is 37.3 Å². The molecule has 2 aliphatic rings. The maximum absolute atomic E-state index is 3.72. The Labute approximate surface area is 125 Å². The number of benzene rings is 1. The standard InChI is InChI=1S/C17H24BrN/c18-12-16(14-6-2-1-3-7-14)13-19-11-10-15-8-4-5-9-17(15)19/h1-3,6-7,15-17H,4-5,8-13H2. The predicted molar refractivity (Wildman–Crippen MR) is 84.9 cm³/mol. The summed E-state index contributed by atoms with van der Waals surface area (Å²) in [5.41, 5.74) is 1.48. The van der Waals surface area contributed by atoms with Crippen LogP contribution in [0.15, 0.2) is 30.3 Å². The summed E-state index contributed by atoms with van der Waals surface area (Å²) in [6.45, 7) is 2.56. The number of rotatable bonds is 4. The van der Waals surface area contributed by atoms with Crippen molar-refractivity contribution in [3.05, 3.63) is 35.9 Å². The second kappa shape index (κ2) is 6.41. The van der Waals surface area contributed by atoms with Crippen LogP contribution in [0.25, 0.3) is 0 Å². The van der Waals surface area contributed by atoms with Crippen LogP contribution in [-0.4, -0.2) is 29.4 Å². The number of nitrogens with zero attached hydrogens (tertiary/aromatic N) is 1. The minimum absolute atomic E-state index is 0.641. The van der Waals surface area contributed by atoms with Crippen LogP contribution in [0, 0.1) is 5.92 Å². The lowest BCUT2D eigenvalue weighted by molar-refractivity contribution is 0.176. The molecule has 1 saturated heterocycles. The fraction of sp³-hybridized carbons (Fsp3) is 0.647. The van der Waals surface area contributed by atoms with E-state index in [4.69, 9.17) is 0 Å². The monoisotopic (exact) mass is 321 g/mol. The van der Waals surface area contributed by atoms with Crippen molar-refractivity contribution in [3.63, 3.8) is 0 Å². The zero-order valence-electron chi connectivity index (χ0n) is 11.6. The van der Waals surface area contributed by atoms with Crippen molar-refractivity contribution in [2.75, 3.05) is 18.4 Å². The summed E-state index contributed by atoms with van der Waals surface area (Å²) < 4.78 is 0. The largest absolute Gasteiger partial charge is 0.299 e. The van der Waals surface area contributed by atoms with Gasteiger partial charge in [-0.2, -0.15) is 0 Å². The molecule has 2 fully saturated rings. The van der Waals surface area contributed by atoms with E-state index in [1.165, 1.54) is 50.8 Å². The molecule has 19 heavy (non-hydrogen) atoms. The highest BCUT2D eigenvalue weighted by Gasteiger charge is 2.36. The molecule has 2 heteroatoms. The zero-order chi connectivity index (χ0) is 13.1. The van der Waals surface area contributed by atoms with E-state index >= 15 is 0 Å². The van der Waals surface area contributed by atoms with Crippen molar-refractivity contribution < 1.29 is 0 Å². The third-order valence-corrected chi connectivity index (χ3v) is 5.82. The number of halogens is 1. The van der Waals surface area contributed by atoms with E-state index in [0.29, 0.717) is 5.92 Å². The maximum Gasteiger partial charge on any atom is 0.0124 e. The Hall–Kier alpha value is -0.340. The summed E-state index contributed by atoms with van der Waals surface area (Å²) in [6, 6.07) is 11.9. The second-order valence-electron chi connectivity index (χ2n) is 6.16. The molecule has 0 aromatic heterocycles. The molecule has 1 nitrogen and oxygen atoms in total. The van der Waals surface area contributed by atoms with Gasteiger partial charge in [-0.1, -0.05) is 59.1 Å². The zero-order valence-corrected chi connectivity index (χ0v) is 13.2. The third-order valence-electron chi connectivity index (χ3n) is 5.04. The molecule has 1 heterocycles. The topological polar surface area (TPSA) is 3.24 Å². The van der Waals surface area contributed by atoms with Gasteiger partial charge in [0.2, 0.25) is 0 Å². The fourth-order valence-electron chi connectivity index (χ4n) is 3.98. The van der Waals surface area contributed by atoms with Crippen LogP contribution in [0.2, 0.25) is 0 Å². The van der Waals surface area contributed by atoms with Crippen molar-refractivity contribution in [3.8, 4) is 0 Å². The first-order chi connectivity index (χ1) is 9.38. The van der Waals surface area contributed by atoms with Crippen LogP contribution >= 0.6 is 15.9 Å². The average Bonchev–Trinajstić information content (AvgIpc) is 2.89. The molecule has 1 aromatic carbocycles. The normalized spacial score (nSPS) is 29.1. The minimum atomic E-state index is 0.641. The van der Waals surface area contributed by atoms with E-state index in [1.807, 2.05) is 0 Å². The molecule has 0 amide bonds. The van der Waals surface area contributed by atoms with E-state index in [2.05, 4.69) is 51.2 Å². The Morgan fingerprint density at radius 1 is 1.11 bits per heavy atom. The lowest BCUT2D eigenvalue weighted by atomic mass is 9.85. The van der Waals surface area contributed by atoms with Gasteiger partial charge in [0.1, 0.15) is 0 Å². The maximum atomic E-state index is 3.72. The van der Waals surface area contributed by atoms with Crippen molar-refractivity contribution in [1.82, 2.24) is 4.90 Å². The molecule has 1 aromatic rings. The van der Waals surface area contributed by atoms with E-state index in [1.54, 1.807) is 0 Å². The van der Waals surface area contributed by atoms with Crippen molar-refractivity contribution in [2.24, 2.45) is 5.92 Å². The molecular weight excluding hydrogens is 298 g/mol. The molecule has 3 atom stereocenters. The first-order valence-electron chi connectivity index (χ1n) is 7.73. The summed E-state index contributed by atoms with van der Waals surface area (Å²) in [7, 11) is 0. The summed E-state index contributed by atoms with van der Waals surface area (Å²) in [5.74, 6) is 1.64. The van der Waals surface area contributed by atoms with Gasteiger partial charge in [-0.25, -0.2) is 0 Å². The van der Waals surface area contributed by atoms with Gasteiger partial charge >= 0.3 is 0 Å². The molecule has 0 N–H and O–H groups in total. The van der Waals surface area contributed by atoms with Crippen LogP contribution < -0.4 is 0 Å². The molecule has 1 saturated carbocycles. The smallest absolute Gasteiger partial charge is 0.0124 e. The van der Waals surface area contributed by atoms with Gasteiger partial charge in [0, 0.05) is 23.8 Å². The van der Waals surface area contributed by atoms with Gasteiger partial charge < -0.3 is 0 Å². The lowest BCUT2D eigenvalue weighted by Gasteiger charge is -2.33. The highest BCUT2D eigenvalue weighted by Crippen LogP contribution is 2.37. The van der Waals surface area contributed by atoms with Gasteiger partial charge in [0.05, 0.1) is 0 Å². The fourth-order valence-corrected chi connectivity index (χ4v) is 4.56. The van der Waals surface area contributed by atoms with Crippen LogP contribution in [0.1, 0.15) is 43.6 Å². The first kappa shape index (κ1) is 13.6. The van der Waals surface area contributed by atoms with Crippen molar-refractivity contribution in [2.45, 2.75) is 44.1 Å². The molecule has 1 aliphatic heterocycles. The minimum Gasteiger partial charge on any atom is -0.299 e. The van der Waals surface area contributed by atoms with Crippen LogP contribution in [0.5, 0.6) is 0 Å². The van der Waals surface area contributed by atoms with Gasteiger partial charge in [0.15, 0.2) is 0 Å². The molecule has 0 bridgehead atoms. The van der Waals surface area contributed by atoms with Crippen LogP contribution in [0.3, 0.4) is 0 Å². The molecule has 1 aliphatic carbocycles. The Morgan fingerprint density at radius 2 is 1.89 bits per heavy atom. The van der Waals surface area contributed by atoms with Crippen molar-refractivity contribution in [1.29, 1.82) is 0 Å². The molecule has 3 rings (SSSR count). The number of likely N-dealkylation sites (tertiary alicyclic amines) is 1. The molecule has 3 unspecified atom stereocenters. The predicted octanol–water partition coefficient (Wildman–Crippen LogP) is 4.43. The summed E-state index contributed by atoms with van der Waals surface area (Å²) in [5, 5.41) is 1.07. The van der Waals surface area contributed by atoms with Crippen molar-refractivity contribution >= 4 is 15.9 Å².